The summed E-state index contributed by atoms with van der Waals surface area (Å²) >= 11 is 0. The monoisotopic (exact) mass is 205 g/mol. The second-order valence-corrected chi connectivity index (χ2v) is 3.58. The molecule has 0 heterocycles. The molecule has 0 aliphatic rings. The van der Waals surface area contributed by atoms with Crippen LogP contribution in [-0.4, -0.2) is 13.7 Å². The first-order valence-corrected chi connectivity index (χ1v) is 5.29. The highest BCUT2D eigenvalue weighted by molar-refractivity contribution is 5.58. The van der Waals surface area contributed by atoms with E-state index >= 15 is 0 Å². The van der Waals surface area contributed by atoms with Crippen LogP contribution in [0.25, 0.3) is 6.08 Å². The molecule has 0 radical (unpaired) electrons. The van der Waals surface area contributed by atoms with Crippen molar-refractivity contribution < 1.29 is 4.74 Å². The quantitative estimate of drug-likeness (QED) is 0.750. The van der Waals surface area contributed by atoms with E-state index in [0.717, 1.165) is 30.7 Å². The van der Waals surface area contributed by atoms with Crippen molar-refractivity contribution in [2.24, 2.45) is 5.73 Å². The topological polar surface area (TPSA) is 35.2 Å². The fraction of sp³-hybridized carbons (Fsp3) is 0.385. The molecule has 15 heavy (non-hydrogen) atoms. The predicted octanol–water partition coefficient (Wildman–Crippen LogP) is 2.76. The predicted molar refractivity (Wildman–Crippen MR) is 65.1 cm³/mol. The summed E-state index contributed by atoms with van der Waals surface area (Å²) in [6.45, 7) is 2.83. The zero-order valence-corrected chi connectivity index (χ0v) is 9.49. The van der Waals surface area contributed by atoms with Gasteiger partial charge in [0.2, 0.25) is 0 Å². The van der Waals surface area contributed by atoms with Crippen molar-refractivity contribution >= 4 is 6.08 Å². The Labute approximate surface area is 91.7 Å². The Balaban J connectivity index is 2.73. The molecular formula is C13H19NO. The van der Waals surface area contributed by atoms with Crippen LogP contribution in [0.1, 0.15) is 24.0 Å². The molecule has 0 fully saturated rings. The van der Waals surface area contributed by atoms with Gasteiger partial charge in [0.25, 0.3) is 0 Å². The number of aryl methyl sites for hydroxylation is 1. The second-order valence-electron chi connectivity index (χ2n) is 3.58. The molecule has 0 saturated heterocycles. The Hall–Kier alpha value is -1.28. The van der Waals surface area contributed by atoms with E-state index in [0.29, 0.717) is 0 Å². The average molecular weight is 205 g/mol. The first-order chi connectivity index (χ1) is 7.27. The minimum absolute atomic E-state index is 0.745. The Bertz CT molecular complexity index is 331. The lowest BCUT2D eigenvalue weighted by molar-refractivity contribution is 0.413. The maximum absolute atomic E-state index is 5.43. The number of rotatable bonds is 5. The third-order valence-corrected chi connectivity index (χ3v) is 2.26. The van der Waals surface area contributed by atoms with Gasteiger partial charge in [-0.05, 0) is 38.4 Å². The third-order valence-electron chi connectivity index (χ3n) is 2.26. The maximum atomic E-state index is 5.43. The van der Waals surface area contributed by atoms with E-state index in [2.05, 4.69) is 31.2 Å². The van der Waals surface area contributed by atoms with Gasteiger partial charge in [-0.1, -0.05) is 23.8 Å². The molecule has 0 spiro atoms. The molecule has 1 aromatic carbocycles. The zero-order chi connectivity index (χ0) is 11.1. The highest BCUT2D eigenvalue weighted by Gasteiger charge is 1.98. The van der Waals surface area contributed by atoms with E-state index in [1.165, 1.54) is 5.56 Å². The Morgan fingerprint density at radius 1 is 1.40 bits per heavy atom. The number of benzene rings is 1. The van der Waals surface area contributed by atoms with Crippen LogP contribution in [0.5, 0.6) is 5.75 Å². The first-order valence-electron chi connectivity index (χ1n) is 5.29. The van der Waals surface area contributed by atoms with Crippen LogP contribution in [0.15, 0.2) is 24.3 Å². The molecule has 0 unspecified atom stereocenters. The Morgan fingerprint density at radius 3 is 2.87 bits per heavy atom. The van der Waals surface area contributed by atoms with Crippen molar-refractivity contribution in [2.45, 2.75) is 19.8 Å². The minimum Gasteiger partial charge on any atom is -0.496 e. The lowest BCUT2D eigenvalue weighted by Gasteiger charge is -2.05. The number of unbranched alkanes of at least 4 members (excludes halogenated alkanes) is 1. The van der Waals surface area contributed by atoms with Gasteiger partial charge in [0.1, 0.15) is 5.75 Å². The fourth-order valence-corrected chi connectivity index (χ4v) is 1.43. The Morgan fingerprint density at radius 2 is 2.20 bits per heavy atom. The van der Waals surface area contributed by atoms with Crippen molar-refractivity contribution in [2.75, 3.05) is 13.7 Å². The van der Waals surface area contributed by atoms with E-state index in [4.69, 9.17) is 10.5 Å². The van der Waals surface area contributed by atoms with Crippen LogP contribution in [0, 0.1) is 6.92 Å². The van der Waals surface area contributed by atoms with Gasteiger partial charge < -0.3 is 10.5 Å². The largest absolute Gasteiger partial charge is 0.496 e. The molecule has 1 aromatic rings. The summed E-state index contributed by atoms with van der Waals surface area (Å²) in [5, 5.41) is 0. The molecule has 0 saturated carbocycles. The molecule has 2 N–H and O–H groups in total. The highest BCUT2D eigenvalue weighted by Crippen LogP contribution is 2.21. The highest BCUT2D eigenvalue weighted by atomic mass is 16.5. The van der Waals surface area contributed by atoms with Crippen LogP contribution in [0.4, 0.5) is 0 Å². The van der Waals surface area contributed by atoms with Gasteiger partial charge in [0.15, 0.2) is 0 Å². The van der Waals surface area contributed by atoms with Crippen LogP contribution < -0.4 is 10.5 Å². The van der Waals surface area contributed by atoms with E-state index in [1.807, 2.05) is 6.07 Å². The average Bonchev–Trinajstić information content (AvgIpc) is 2.25. The van der Waals surface area contributed by atoms with Crippen LogP contribution >= 0.6 is 0 Å². The smallest absolute Gasteiger partial charge is 0.126 e. The summed E-state index contributed by atoms with van der Waals surface area (Å²) in [4.78, 5) is 0. The molecule has 0 aliphatic heterocycles. The molecule has 2 heteroatoms. The van der Waals surface area contributed by atoms with Gasteiger partial charge in [-0.25, -0.2) is 0 Å². The van der Waals surface area contributed by atoms with Gasteiger partial charge in [0.05, 0.1) is 7.11 Å². The summed E-state index contributed by atoms with van der Waals surface area (Å²) in [6.07, 6.45) is 6.30. The molecule has 82 valence electrons. The molecule has 0 aromatic heterocycles. The SMILES string of the molecule is COc1ccc(C)cc1/C=C/CCCN. The molecule has 0 aliphatic carbocycles. The van der Waals surface area contributed by atoms with Crippen molar-refractivity contribution in [3.05, 3.63) is 35.4 Å². The number of nitrogens with two attached hydrogens (primary N) is 1. The van der Waals surface area contributed by atoms with Gasteiger partial charge in [-0.3, -0.25) is 0 Å². The minimum atomic E-state index is 0.745. The molecule has 1 rings (SSSR count). The fourth-order valence-electron chi connectivity index (χ4n) is 1.43. The van der Waals surface area contributed by atoms with Crippen LogP contribution in [-0.2, 0) is 0 Å². The lowest BCUT2D eigenvalue weighted by atomic mass is 10.1. The van der Waals surface area contributed by atoms with Gasteiger partial charge >= 0.3 is 0 Å². The van der Waals surface area contributed by atoms with E-state index < -0.39 is 0 Å². The Kier molecular flexibility index (Phi) is 4.91. The lowest BCUT2D eigenvalue weighted by Crippen LogP contribution is -1.96. The zero-order valence-electron chi connectivity index (χ0n) is 9.49. The van der Waals surface area contributed by atoms with E-state index in [9.17, 15) is 0 Å². The van der Waals surface area contributed by atoms with Crippen molar-refractivity contribution in [1.82, 2.24) is 0 Å². The standard InChI is InChI=1S/C13H19NO/c1-11-7-8-13(15-2)12(10-11)6-4-3-5-9-14/h4,6-8,10H,3,5,9,14H2,1-2H3/b6-4+. The summed E-state index contributed by atoms with van der Waals surface area (Å²) in [5.41, 5.74) is 7.81. The van der Waals surface area contributed by atoms with Crippen molar-refractivity contribution in [3.63, 3.8) is 0 Å². The summed E-state index contributed by atoms with van der Waals surface area (Å²) < 4.78 is 5.28. The van der Waals surface area contributed by atoms with Crippen molar-refractivity contribution in [3.8, 4) is 5.75 Å². The summed E-state index contributed by atoms with van der Waals surface area (Å²) in [7, 11) is 1.70. The first kappa shape index (κ1) is 11.8. The van der Waals surface area contributed by atoms with E-state index in [1.54, 1.807) is 7.11 Å². The second kappa shape index (κ2) is 6.25. The van der Waals surface area contributed by atoms with Gasteiger partial charge in [0, 0.05) is 5.56 Å². The number of hydrogen-bond acceptors (Lipinski definition) is 2. The molecular weight excluding hydrogens is 186 g/mol. The summed E-state index contributed by atoms with van der Waals surface area (Å²) in [5.74, 6) is 0.921. The number of ether oxygens (including phenoxy) is 1. The van der Waals surface area contributed by atoms with Gasteiger partial charge in [-0.15, -0.1) is 0 Å². The van der Waals surface area contributed by atoms with Crippen LogP contribution in [0.3, 0.4) is 0 Å². The van der Waals surface area contributed by atoms with Crippen molar-refractivity contribution in [1.29, 1.82) is 0 Å². The maximum Gasteiger partial charge on any atom is 0.126 e. The summed E-state index contributed by atoms with van der Waals surface area (Å²) in [6, 6.07) is 6.17. The normalized spacial score (nSPS) is 10.9. The number of hydrogen-bond donors (Lipinski definition) is 1. The molecule has 0 bridgehead atoms. The third kappa shape index (κ3) is 3.76. The molecule has 0 amide bonds. The molecule has 0 atom stereocenters. The molecule has 2 nitrogen and oxygen atoms in total. The van der Waals surface area contributed by atoms with E-state index in [-0.39, 0.29) is 0 Å². The van der Waals surface area contributed by atoms with Gasteiger partial charge in [-0.2, -0.15) is 0 Å². The van der Waals surface area contributed by atoms with Crippen LogP contribution in [0.2, 0.25) is 0 Å². The number of methoxy groups -OCH3 is 1. The number of allylic oxidation sites excluding steroid dienone is 1.